The first kappa shape index (κ1) is 12.1. The Bertz CT molecular complexity index is 527. The van der Waals surface area contributed by atoms with Crippen LogP contribution in [0.1, 0.15) is 24.4 Å². The Morgan fingerprint density at radius 3 is 2.76 bits per heavy atom. The van der Waals surface area contributed by atoms with Crippen LogP contribution in [0.4, 0.5) is 4.39 Å². The predicted octanol–water partition coefficient (Wildman–Crippen LogP) is 2.46. The van der Waals surface area contributed by atoms with Crippen LogP contribution in [0.3, 0.4) is 0 Å². The van der Waals surface area contributed by atoms with Crippen molar-refractivity contribution < 1.29 is 9.50 Å². The van der Waals surface area contributed by atoms with Crippen LogP contribution in [0.2, 0.25) is 0 Å². The molecule has 17 heavy (non-hydrogen) atoms. The number of rotatable bonds is 3. The van der Waals surface area contributed by atoms with Gasteiger partial charge in [-0.3, -0.25) is 5.10 Å². The van der Waals surface area contributed by atoms with Gasteiger partial charge in [0.15, 0.2) is 0 Å². The number of halogens is 1. The van der Waals surface area contributed by atoms with Crippen molar-refractivity contribution in [3.63, 3.8) is 0 Å². The number of aromatic amines is 1. The molecule has 0 radical (unpaired) electrons. The van der Waals surface area contributed by atoms with Crippen LogP contribution in [0.15, 0.2) is 28.3 Å². The Hall–Kier alpha value is -1.40. The SMILES string of the molecule is Cc1nc(Sc2ccc([C@H](C)O)cc2F)n[nH]1. The summed E-state index contributed by atoms with van der Waals surface area (Å²) in [6, 6.07) is 4.63. The molecule has 2 aromatic rings. The van der Waals surface area contributed by atoms with E-state index in [-0.39, 0.29) is 5.82 Å². The lowest BCUT2D eigenvalue weighted by Crippen LogP contribution is -1.93. The van der Waals surface area contributed by atoms with Crippen LogP contribution in [-0.4, -0.2) is 20.3 Å². The Morgan fingerprint density at radius 1 is 1.47 bits per heavy atom. The number of aryl methyl sites for hydroxylation is 1. The normalized spacial score (nSPS) is 12.7. The fourth-order valence-corrected chi connectivity index (χ4v) is 2.09. The number of aliphatic hydroxyl groups excluding tert-OH is 1. The van der Waals surface area contributed by atoms with Crippen LogP contribution in [-0.2, 0) is 0 Å². The van der Waals surface area contributed by atoms with Gasteiger partial charge in [-0.1, -0.05) is 6.07 Å². The smallest absolute Gasteiger partial charge is 0.213 e. The highest BCUT2D eigenvalue weighted by Crippen LogP contribution is 2.28. The second kappa shape index (κ2) is 4.85. The molecule has 1 heterocycles. The number of H-pyrrole nitrogens is 1. The van der Waals surface area contributed by atoms with Crippen LogP contribution < -0.4 is 0 Å². The van der Waals surface area contributed by atoms with E-state index in [2.05, 4.69) is 15.2 Å². The summed E-state index contributed by atoms with van der Waals surface area (Å²) in [4.78, 5) is 4.52. The number of nitrogens with zero attached hydrogens (tertiary/aromatic N) is 2. The van der Waals surface area contributed by atoms with Gasteiger partial charge < -0.3 is 5.11 Å². The van der Waals surface area contributed by atoms with Crippen molar-refractivity contribution in [1.29, 1.82) is 0 Å². The first-order valence-electron chi connectivity index (χ1n) is 5.10. The third-order valence-electron chi connectivity index (χ3n) is 2.22. The molecular weight excluding hydrogens is 241 g/mol. The van der Waals surface area contributed by atoms with Gasteiger partial charge in [0.25, 0.3) is 0 Å². The van der Waals surface area contributed by atoms with Gasteiger partial charge in [-0.2, -0.15) is 0 Å². The molecule has 2 N–H and O–H groups in total. The second-order valence-corrected chi connectivity index (χ2v) is 4.68. The lowest BCUT2D eigenvalue weighted by molar-refractivity contribution is 0.198. The standard InChI is InChI=1S/C11H12FN3OS/c1-6(16)8-3-4-10(9(12)5-8)17-11-13-7(2)14-15-11/h3-6,16H,1-2H3,(H,13,14,15)/t6-/m0/s1. The third-order valence-corrected chi connectivity index (χ3v) is 3.13. The highest BCUT2D eigenvalue weighted by molar-refractivity contribution is 7.99. The molecule has 1 aromatic carbocycles. The van der Waals surface area contributed by atoms with Gasteiger partial charge in [0.2, 0.25) is 5.16 Å². The fourth-order valence-electron chi connectivity index (χ4n) is 1.33. The largest absolute Gasteiger partial charge is 0.389 e. The van der Waals surface area contributed by atoms with Gasteiger partial charge in [-0.25, -0.2) is 9.37 Å². The van der Waals surface area contributed by atoms with Crippen LogP contribution in [0.5, 0.6) is 0 Å². The minimum atomic E-state index is -0.672. The third kappa shape index (κ3) is 2.83. The van der Waals surface area contributed by atoms with E-state index in [0.717, 1.165) is 11.8 Å². The second-order valence-electron chi connectivity index (χ2n) is 3.67. The molecule has 0 bridgehead atoms. The van der Waals surface area contributed by atoms with Gasteiger partial charge in [-0.05, 0) is 43.3 Å². The quantitative estimate of drug-likeness (QED) is 0.882. The van der Waals surface area contributed by atoms with E-state index in [1.165, 1.54) is 6.07 Å². The number of hydrogen-bond donors (Lipinski definition) is 2. The molecule has 0 amide bonds. The van der Waals surface area contributed by atoms with E-state index in [4.69, 9.17) is 0 Å². The zero-order valence-corrected chi connectivity index (χ0v) is 10.3. The summed E-state index contributed by atoms with van der Waals surface area (Å²) in [7, 11) is 0. The number of aromatic nitrogens is 3. The number of hydrogen-bond acceptors (Lipinski definition) is 4. The molecular formula is C11H12FN3OS. The van der Waals surface area contributed by atoms with Crippen molar-refractivity contribution in [2.24, 2.45) is 0 Å². The van der Waals surface area contributed by atoms with Crippen molar-refractivity contribution in [3.8, 4) is 0 Å². The molecule has 0 aliphatic heterocycles. The maximum Gasteiger partial charge on any atom is 0.213 e. The molecule has 0 spiro atoms. The molecule has 0 aliphatic carbocycles. The van der Waals surface area contributed by atoms with Crippen LogP contribution in [0.25, 0.3) is 0 Å². The molecule has 2 rings (SSSR count). The van der Waals surface area contributed by atoms with Crippen molar-refractivity contribution in [3.05, 3.63) is 35.4 Å². The molecule has 90 valence electrons. The topological polar surface area (TPSA) is 61.8 Å². The van der Waals surface area contributed by atoms with Gasteiger partial charge in [-0.15, -0.1) is 5.10 Å². The predicted molar refractivity (Wildman–Crippen MR) is 62.3 cm³/mol. The van der Waals surface area contributed by atoms with Crippen molar-refractivity contribution in [2.45, 2.75) is 30.0 Å². The van der Waals surface area contributed by atoms with E-state index >= 15 is 0 Å². The Morgan fingerprint density at radius 2 is 2.24 bits per heavy atom. The lowest BCUT2D eigenvalue weighted by atomic mass is 10.1. The maximum absolute atomic E-state index is 13.7. The van der Waals surface area contributed by atoms with E-state index in [1.807, 2.05) is 0 Å². The summed E-state index contributed by atoms with van der Waals surface area (Å²) >= 11 is 1.15. The Kier molecular flexibility index (Phi) is 3.44. The molecule has 0 unspecified atom stereocenters. The highest BCUT2D eigenvalue weighted by Gasteiger charge is 2.10. The van der Waals surface area contributed by atoms with E-state index in [9.17, 15) is 9.50 Å². The zero-order valence-electron chi connectivity index (χ0n) is 9.44. The lowest BCUT2D eigenvalue weighted by Gasteiger charge is -2.06. The van der Waals surface area contributed by atoms with Gasteiger partial charge in [0.1, 0.15) is 11.6 Å². The van der Waals surface area contributed by atoms with E-state index < -0.39 is 6.10 Å². The Labute approximate surface area is 102 Å². The molecule has 1 aromatic heterocycles. The number of aliphatic hydroxyl groups is 1. The Balaban J connectivity index is 2.22. The van der Waals surface area contributed by atoms with Crippen molar-refractivity contribution >= 4 is 11.8 Å². The first-order valence-corrected chi connectivity index (χ1v) is 5.92. The average molecular weight is 253 g/mol. The summed E-state index contributed by atoms with van der Waals surface area (Å²) in [6.45, 7) is 3.38. The molecule has 0 saturated carbocycles. The summed E-state index contributed by atoms with van der Waals surface area (Å²) in [5.41, 5.74) is 0.554. The molecule has 1 atom stereocenters. The van der Waals surface area contributed by atoms with Gasteiger partial charge in [0, 0.05) is 0 Å². The van der Waals surface area contributed by atoms with Crippen molar-refractivity contribution in [1.82, 2.24) is 15.2 Å². The summed E-state index contributed by atoms with van der Waals surface area (Å²) in [5.74, 6) is 0.310. The molecule has 4 nitrogen and oxygen atoms in total. The molecule has 0 aliphatic rings. The summed E-state index contributed by atoms with van der Waals surface area (Å²) < 4.78 is 13.7. The highest BCUT2D eigenvalue weighted by atomic mass is 32.2. The van der Waals surface area contributed by atoms with E-state index in [1.54, 1.807) is 26.0 Å². The summed E-state index contributed by atoms with van der Waals surface area (Å²) in [6.07, 6.45) is -0.672. The van der Waals surface area contributed by atoms with Gasteiger partial charge in [0.05, 0.1) is 11.0 Å². The number of benzene rings is 1. The first-order chi connectivity index (χ1) is 8.06. The van der Waals surface area contributed by atoms with E-state index in [0.29, 0.717) is 21.4 Å². The average Bonchev–Trinajstić information content (AvgIpc) is 2.67. The zero-order chi connectivity index (χ0) is 12.4. The fraction of sp³-hybridized carbons (Fsp3) is 0.273. The maximum atomic E-state index is 13.7. The van der Waals surface area contributed by atoms with Crippen LogP contribution in [0, 0.1) is 12.7 Å². The molecule has 6 heteroatoms. The minimum absolute atomic E-state index is 0.379. The number of nitrogens with one attached hydrogen (secondary N) is 1. The minimum Gasteiger partial charge on any atom is -0.389 e. The summed E-state index contributed by atoms with van der Waals surface area (Å²) in [5, 5.41) is 16.4. The van der Waals surface area contributed by atoms with Crippen LogP contribution >= 0.6 is 11.8 Å². The monoisotopic (exact) mass is 253 g/mol. The van der Waals surface area contributed by atoms with Crippen molar-refractivity contribution in [2.75, 3.05) is 0 Å². The molecule has 0 fully saturated rings. The molecule has 0 saturated heterocycles. The van der Waals surface area contributed by atoms with Gasteiger partial charge >= 0.3 is 0 Å².